The molecule has 2 rings (SSSR count). The Balaban J connectivity index is 2.48. The van der Waals surface area contributed by atoms with Crippen molar-refractivity contribution in [1.29, 1.82) is 10.5 Å². The topological polar surface area (TPSA) is 77.0 Å². The Morgan fingerprint density at radius 3 is 2.32 bits per heavy atom. The van der Waals surface area contributed by atoms with Gasteiger partial charge in [0.25, 0.3) is 0 Å². The van der Waals surface area contributed by atoms with Gasteiger partial charge in [-0.15, -0.1) is 0 Å². The van der Waals surface area contributed by atoms with Gasteiger partial charge in [-0.05, 0) is 24.3 Å². The largest absolute Gasteiger partial charge is 0.457 e. The first-order chi connectivity index (χ1) is 9.30. The summed E-state index contributed by atoms with van der Waals surface area (Å²) < 4.78 is 5.62. The highest BCUT2D eigenvalue weighted by molar-refractivity contribution is 5.56. The molecule has 0 heterocycles. The van der Waals surface area contributed by atoms with Crippen molar-refractivity contribution in [3.05, 3.63) is 59.2 Å². The minimum Gasteiger partial charge on any atom is -0.457 e. The minimum atomic E-state index is -0.361. The number of para-hydroxylation sites is 1. The number of nitriles is 2. The van der Waals surface area contributed by atoms with Crippen LogP contribution in [0.3, 0.4) is 0 Å². The molecule has 0 bridgehead atoms. The normalized spacial score (nSPS) is 9.42. The third-order valence-corrected chi connectivity index (χ3v) is 2.63. The van der Waals surface area contributed by atoms with E-state index in [0.29, 0.717) is 17.1 Å². The first kappa shape index (κ1) is 12.6. The average Bonchev–Trinajstić information content (AvgIpc) is 2.47. The maximum absolute atomic E-state index is 9.39. The predicted molar refractivity (Wildman–Crippen MR) is 68.3 cm³/mol. The number of ether oxygens (including phenoxy) is 1. The summed E-state index contributed by atoms with van der Waals surface area (Å²) in [6.07, 6.45) is 0. The summed E-state index contributed by atoms with van der Waals surface area (Å²) in [5.41, 5.74) is 0.704. The smallest absolute Gasteiger partial charge is 0.134 e. The molecule has 0 aliphatic carbocycles. The Bertz CT molecular complexity index is 667. The van der Waals surface area contributed by atoms with Gasteiger partial charge >= 0.3 is 0 Å². The van der Waals surface area contributed by atoms with E-state index in [4.69, 9.17) is 15.3 Å². The molecular weight excluding hydrogens is 240 g/mol. The molecule has 0 atom stereocenters. The van der Waals surface area contributed by atoms with Crippen LogP contribution in [-0.2, 0) is 6.61 Å². The van der Waals surface area contributed by atoms with Gasteiger partial charge in [-0.3, -0.25) is 0 Å². The number of benzene rings is 2. The van der Waals surface area contributed by atoms with E-state index in [1.807, 2.05) is 30.3 Å². The lowest BCUT2D eigenvalue weighted by atomic mass is 10.0. The molecule has 0 amide bonds. The highest BCUT2D eigenvalue weighted by Gasteiger charge is 2.14. The van der Waals surface area contributed by atoms with Crippen molar-refractivity contribution in [3.63, 3.8) is 0 Å². The molecule has 2 aromatic carbocycles. The van der Waals surface area contributed by atoms with Crippen molar-refractivity contribution in [2.45, 2.75) is 6.61 Å². The molecule has 0 radical (unpaired) electrons. The lowest BCUT2D eigenvalue weighted by Crippen LogP contribution is -1.98. The molecule has 4 heteroatoms. The van der Waals surface area contributed by atoms with E-state index in [9.17, 15) is 5.11 Å². The van der Waals surface area contributed by atoms with Crippen molar-refractivity contribution in [2.75, 3.05) is 0 Å². The highest BCUT2D eigenvalue weighted by Crippen LogP contribution is 2.29. The van der Waals surface area contributed by atoms with E-state index < -0.39 is 0 Å². The Hall–Kier alpha value is -2.82. The van der Waals surface area contributed by atoms with Crippen LogP contribution in [0.4, 0.5) is 0 Å². The molecule has 0 spiro atoms. The summed E-state index contributed by atoms with van der Waals surface area (Å²) in [6, 6.07) is 16.0. The van der Waals surface area contributed by atoms with Crippen molar-refractivity contribution < 1.29 is 9.84 Å². The second-order valence-corrected chi connectivity index (χ2v) is 3.76. The quantitative estimate of drug-likeness (QED) is 0.908. The van der Waals surface area contributed by atoms with Gasteiger partial charge in [-0.25, -0.2) is 0 Å². The van der Waals surface area contributed by atoms with Gasteiger partial charge in [-0.1, -0.05) is 18.2 Å². The van der Waals surface area contributed by atoms with Crippen LogP contribution >= 0.6 is 0 Å². The molecule has 0 aromatic heterocycles. The van der Waals surface area contributed by atoms with Crippen molar-refractivity contribution in [2.24, 2.45) is 0 Å². The number of aliphatic hydroxyl groups excluding tert-OH is 1. The second-order valence-electron chi connectivity index (χ2n) is 3.76. The fraction of sp³-hybridized carbons (Fsp3) is 0.0667. The van der Waals surface area contributed by atoms with Crippen LogP contribution in [0, 0.1) is 22.7 Å². The van der Waals surface area contributed by atoms with Gasteiger partial charge < -0.3 is 9.84 Å². The van der Waals surface area contributed by atoms with Crippen LogP contribution in [0.2, 0.25) is 0 Å². The zero-order valence-electron chi connectivity index (χ0n) is 10.00. The summed E-state index contributed by atoms with van der Waals surface area (Å²) in [7, 11) is 0. The highest BCUT2D eigenvalue weighted by atomic mass is 16.5. The molecule has 0 aliphatic heterocycles. The SMILES string of the molecule is N#Cc1ccc(Oc2ccccc2)c(CO)c1C#N. The van der Waals surface area contributed by atoms with E-state index in [0.717, 1.165) is 0 Å². The third kappa shape index (κ3) is 2.55. The first-order valence-electron chi connectivity index (χ1n) is 5.60. The summed E-state index contributed by atoms with van der Waals surface area (Å²) in [5.74, 6) is 0.982. The van der Waals surface area contributed by atoms with E-state index in [1.165, 1.54) is 6.07 Å². The summed E-state index contributed by atoms with van der Waals surface area (Å²) in [5, 5.41) is 27.4. The molecule has 0 aliphatic rings. The average molecular weight is 250 g/mol. The Morgan fingerprint density at radius 1 is 1.00 bits per heavy atom. The number of hydrogen-bond donors (Lipinski definition) is 1. The fourth-order valence-corrected chi connectivity index (χ4v) is 1.72. The van der Waals surface area contributed by atoms with Gasteiger partial charge in [0.15, 0.2) is 0 Å². The second kappa shape index (κ2) is 5.68. The lowest BCUT2D eigenvalue weighted by molar-refractivity contribution is 0.276. The predicted octanol–water partition coefficient (Wildman–Crippen LogP) is 2.71. The first-order valence-corrected chi connectivity index (χ1v) is 5.60. The zero-order valence-corrected chi connectivity index (χ0v) is 10.00. The number of nitrogens with zero attached hydrogens (tertiary/aromatic N) is 2. The van der Waals surface area contributed by atoms with Gasteiger partial charge in [0.1, 0.15) is 23.6 Å². The Morgan fingerprint density at radius 2 is 1.74 bits per heavy atom. The number of rotatable bonds is 3. The molecule has 0 unspecified atom stereocenters. The van der Waals surface area contributed by atoms with E-state index in [1.54, 1.807) is 18.2 Å². The van der Waals surface area contributed by atoms with Crippen LogP contribution in [0.25, 0.3) is 0 Å². The van der Waals surface area contributed by atoms with Gasteiger partial charge in [-0.2, -0.15) is 10.5 Å². The van der Waals surface area contributed by atoms with Crippen LogP contribution in [0.15, 0.2) is 42.5 Å². The van der Waals surface area contributed by atoms with Crippen molar-refractivity contribution >= 4 is 0 Å². The summed E-state index contributed by atoms with van der Waals surface area (Å²) in [6.45, 7) is -0.361. The zero-order chi connectivity index (χ0) is 13.7. The molecule has 0 saturated heterocycles. The molecule has 92 valence electrons. The number of aliphatic hydroxyl groups is 1. The molecular formula is C15H10N2O2. The molecule has 4 nitrogen and oxygen atoms in total. The maximum atomic E-state index is 9.39. The Kier molecular flexibility index (Phi) is 3.78. The van der Waals surface area contributed by atoms with Crippen molar-refractivity contribution in [3.8, 4) is 23.6 Å². The molecule has 0 saturated carbocycles. The summed E-state index contributed by atoms with van der Waals surface area (Å²) >= 11 is 0. The van der Waals surface area contributed by atoms with E-state index in [-0.39, 0.29) is 17.7 Å². The van der Waals surface area contributed by atoms with Crippen molar-refractivity contribution in [1.82, 2.24) is 0 Å². The van der Waals surface area contributed by atoms with Crippen LogP contribution in [0.5, 0.6) is 11.5 Å². The number of hydrogen-bond acceptors (Lipinski definition) is 4. The third-order valence-electron chi connectivity index (χ3n) is 2.63. The minimum absolute atomic E-state index is 0.151. The standard InChI is InChI=1S/C15H10N2O2/c16-8-11-6-7-15(14(10-18)13(11)9-17)19-12-4-2-1-3-5-12/h1-7,18H,10H2. The fourth-order valence-electron chi connectivity index (χ4n) is 1.72. The Labute approximate surface area is 110 Å². The maximum Gasteiger partial charge on any atom is 0.134 e. The molecule has 19 heavy (non-hydrogen) atoms. The monoisotopic (exact) mass is 250 g/mol. The van der Waals surface area contributed by atoms with Crippen LogP contribution in [0.1, 0.15) is 16.7 Å². The van der Waals surface area contributed by atoms with Crippen LogP contribution in [-0.4, -0.2) is 5.11 Å². The van der Waals surface area contributed by atoms with Gasteiger partial charge in [0, 0.05) is 5.56 Å². The van der Waals surface area contributed by atoms with Gasteiger partial charge in [0.2, 0.25) is 0 Å². The van der Waals surface area contributed by atoms with E-state index >= 15 is 0 Å². The van der Waals surface area contributed by atoms with Gasteiger partial charge in [0.05, 0.1) is 17.7 Å². The van der Waals surface area contributed by atoms with E-state index in [2.05, 4.69) is 0 Å². The van der Waals surface area contributed by atoms with Crippen LogP contribution < -0.4 is 4.74 Å². The summed E-state index contributed by atoms with van der Waals surface area (Å²) in [4.78, 5) is 0. The molecule has 2 aromatic rings. The molecule has 0 fully saturated rings. The molecule has 1 N–H and O–H groups in total. The lowest BCUT2D eigenvalue weighted by Gasteiger charge is -2.11.